The van der Waals surface area contributed by atoms with E-state index in [1.807, 2.05) is 7.05 Å². The van der Waals surface area contributed by atoms with Crippen LogP contribution in [0.2, 0.25) is 0 Å². The summed E-state index contributed by atoms with van der Waals surface area (Å²) in [7, 11) is 1.96. The third kappa shape index (κ3) is 2.73. The van der Waals surface area contributed by atoms with Gasteiger partial charge in [0, 0.05) is 42.5 Å². The summed E-state index contributed by atoms with van der Waals surface area (Å²) in [5.41, 5.74) is 5.75. The molecule has 0 spiro atoms. The largest absolute Gasteiger partial charge is 0.388 e. The van der Waals surface area contributed by atoms with E-state index in [1.54, 1.807) is 0 Å². The molecule has 5 nitrogen and oxygen atoms in total. The van der Waals surface area contributed by atoms with Gasteiger partial charge in [-0.2, -0.15) is 0 Å². The SMILES string of the molecule is CNc1cc(C2=NCCN2)ccc1-c1ccc(C2=NCCN2)cc1. The molecule has 2 aromatic rings. The smallest absolute Gasteiger partial charge is 0.128 e. The van der Waals surface area contributed by atoms with Crippen molar-refractivity contribution < 1.29 is 0 Å². The van der Waals surface area contributed by atoms with Crippen molar-refractivity contribution in [3.8, 4) is 11.1 Å². The Hall–Kier alpha value is -2.82. The van der Waals surface area contributed by atoms with Crippen molar-refractivity contribution in [3.05, 3.63) is 53.6 Å². The van der Waals surface area contributed by atoms with Gasteiger partial charge >= 0.3 is 0 Å². The van der Waals surface area contributed by atoms with Gasteiger partial charge in [-0.1, -0.05) is 36.4 Å². The number of benzene rings is 2. The lowest BCUT2D eigenvalue weighted by molar-refractivity contribution is 0.960. The minimum absolute atomic E-state index is 0.853. The van der Waals surface area contributed by atoms with Crippen molar-refractivity contribution in [1.29, 1.82) is 0 Å². The molecule has 3 N–H and O–H groups in total. The summed E-state index contributed by atoms with van der Waals surface area (Å²) in [4.78, 5) is 8.97. The summed E-state index contributed by atoms with van der Waals surface area (Å²) in [6.45, 7) is 3.57. The topological polar surface area (TPSA) is 60.8 Å². The van der Waals surface area contributed by atoms with Crippen molar-refractivity contribution in [3.63, 3.8) is 0 Å². The van der Waals surface area contributed by atoms with Crippen LogP contribution >= 0.6 is 0 Å². The van der Waals surface area contributed by atoms with Gasteiger partial charge in [0.15, 0.2) is 0 Å². The summed E-state index contributed by atoms with van der Waals surface area (Å²) in [6.07, 6.45) is 0. The number of nitrogens with one attached hydrogen (secondary N) is 3. The minimum atomic E-state index is 0.853. The predicted octanol–water partition coefficient (Wildman–Crippen LogP) is 2.09. The number of rotatable bonds is 4. The maximum absolute atomic E-state index is 4.50. The van der Waals surface area contributed by atoms with Gasteiger partial charge in [-0.25, -0.2) is 0 Å². The summed E-state index contributed by atoms with van der Waals surface area (Å²) in [6, 6.07) is 15.0. The first kappa shape index (κ1) is 14.8. The third-order valence-electron chi connectivity index (χ3n) is 4.38. The number of nitrogens with zero attached hydrogens (tertiary/aromatic N) is 2. The first-order chi connectivity index (χ1) is 11.8. The second kappa shape index (κ2) is 6.35. The fourth-order valence-electron chi connectivity index (χ4n) is 3.14. The molecule has 2 heterocycles. The Balaban J connectivity index is 1.65. The van der Waals surface area contributed by atoms with E-state index < -0.39 is 0 Å². The van der Waals surface area contributed by atoms with Gasteiger partial charge in [0.1, 0.15) is 11.7 Å². The highest BCUT2D eigenvalue weighted by atomic mass is 15.1. The molecule has 0 unspecified atom stereocenters. The fraction of sp³-hybridized carbons (Fsp3) is 0.263. The summed E-state index contributed by atoms with van der Waals surface area (Å²) >= 11 is 0. The standard InChI is InChI=1S/C19H21N5/c1-20-17-12-15(19-23-10-11-24-19)6-7-16(17)13-2-4-14(5-3-13)18-21-8-9-22-18/h2-7,12,20H,8-11H2,1H3,(H,21,22)(H,23,24). The highest BCUT2D eigenvalue weighted by molar-refractivity contribution is 6.02. The van der Waals surface area contributed by atoms with Gasteiger partial charge in [-0.15, -0.1) is 0 Å². The Morgan fingerprint density at radius 1 is 0.792 bits per heavy atom. The van der Waals surface area contributed by atoms with Crippen LogP contribution in [0.3, 0.4) is 0 Å². The average molecular weight is 319 g/mol. The maximum atomic E-state index is 4.50. The molecule has 24 heavy (non-hydrogen) atoms. The van der Waals surface area contributed by atoms with Crippen LogP contribution in [0.4, 0.5) is 5.69 Å². The molecule has 0 aliphatic carbocycles. The van der Waals surface area contributed by atoms with E-state index in [0.29, 0.717) is 0 Å². The first-order valence-electron chi connectivity index (χ1n) is 8.35. The Morgan fingerprint density at radius 2 is 1.38 bits per heavy atom. The van der Waals surface area contributed by atoms with Crippen molar-refractivity contribution in [2.24, 2.45) is 9.98 Å². The van der Waals surface area contributed by atoms with E-state index >= 15 is 0 Å². The van der Waals surface area contributed by atoms with Gasteiger partial charge in [0.25, 0.3) is 0 Å². The predicted molar refractivity (Wildman–Crippen MR) is 100 cm³/mol. The highest BCUT2D eigenvalue weighted by Gasteiger charge is 2.12. The third-order valence-corrected chi connectivity index (χ3v) is 4.38. The lowest BCUT2D eigenvalue weighted by Crippen LogP contribution is -2.19. The fourth-order valence-corrected chi connectivity index (χ4v) is 3.14. The maximum Gasteiger partial charge on any atom is 0.128 e. The summed E-state index contributed by atoms with van der Waals surface area (Å²) in [5, 5.41) is 9.94. The molecular formula is C19H21N5. The minimum Gasteiger partial charge on any atom is -0.388 e. The molecule has 0 atom stereocenters. The molecule has 5 heteroatoms. The molecule has 2 aliphatic rings. The second-order valence-electron chi connectivity index (χ2n) is 5.90. The molecule has 2 aromatic carbocycles. The molecule has 122 valence electrons. The van der Waals surface area contributed by atoms with Crippen LogP contribution in [0.15, 0.2) is 52.4 Å². The van der Waals surface area contributed by atoms with Crippen molar-refractivity contribution in [2.75, 3.05) is 38.5 Å². The van der Waals surface area contributed by atoms with Crippen molar-refractivity contribution >= 4 is 17.4 Å². The zero-order valence-corrected chi connectivity index (χ0v) is 13.8. The molecule has 0 bridgehead atoms. The molecule has 0 fully saturated rings. The molecule has 0 saturated heterocycles. The van der Waals surface area contributed by atoms with Crippen LogP contribution in [-0.4, -0.2) is 44.9 Å². The molecule has 0 aromatic heterocycles. The molecular weight excluding hydrogens is 298 g/mol. The lowest BCUT2D eigenvalue weighted by Gasteiger charge is -2.13. The van der Waals surface area contributed by atoms with Crippen LogP contribution in [0, 0.1) is 0 Å². The van der Waals surface area contributed by atoms with Gasteiger partial charge in [0.05, 0.1) is 13.1 Å². The zero-order chi connectivity index (χ0) is 16.4. The Bertz CT molecular complexity index is 805. The molecule has 4 rings (SSSR count). The molecule has 2 aliphatic heterocycles. The van der Waals surface area contributed by atoms with Gasteiger partial charge in [-0.05, 0) is 11.6 Å². The summed E-state index contributed by atoms with van der Waals surface area (Å²) in [5.74, 6) is 1.98. The Kier molecular flexibility index (Phi) is 3.91. The Morgan fingerprint density at radius 3 is 1.96 bits per heavy atom. The van der Waals surface area contributed by atoms with E-state index in [2.05, 4.69) is 68.4 Å². The number of amidine groups is 2. The summed E-state index contributed by atoms with van der Waals surface area (Å²) < 4.78 is 0. The lowest BCUT2D eigenvalue weighted by atomic mass is 9.99. The van der Waals surface area contributed by atoms with Crippen LogP contribution < -0.4 is 16.0 Å². The van der Waals surface area contributed by atoms with E-state index in [9.17, 15) is 0 Å². The van der Waals surface area contributed by atoms with Crippen LogP contribution in [0.5, 0.6) is 0 Å². The van der Waals surface area contributed by atoms with Crippen molar-refractivity contribution in [2.45, 2.75) is 0 Å². The molecule has 0 saturated carbocycles. The van der Waals surface area contributed by atoms with Gasteiger partial charge in [-0.3, -0.25) is 9.98 Å². The van der Waals surface area contributed by atoms with Gasteiger partial charge in [0.2, 0.25) is 0 Å². The number of anilines is 1. The van der Waals surface area contributed by atoms with E-state index in [0.717, 1.165) is 54.7 Å². The van der Waals surface area contributed by atoms with Gasteiger partial charge < -0.3 is 16.0 Å². The first-order valence-corrected chi connectivity index (χ1v) is 8.35. The second-order valence-corrected chi connectivity index (χ2v) is 5.90. The highest BCUT2D eigenvalue weighted by Crippen LogP contribution is 2.29. The monoisotopic (exact) mass is 319 g/mol. The molecule has 0 amide bonds. The van der Waals surface area contributed by atoms with E-state index in [1.165, 1.54) is 11.1 Å². The quantitative estimate of drug-likeness (QED) is 0.809. The molecule has 0 radical (unpaired) electrons. The number of hydrogen-bond donors (Lipinski definition) is 3. The normalized spacial score (nSPS) is 16.2. The van der Waals surface area contributed by atoms with Crippen LogP contribution in [0.1, 0.15) is 11.1 Å². The zero-order valence-electron chi connectivity index (χ0n) is 13.8. The number of hydrogen-bond acceptors (Lipinski definition) is 5. The average Bonchev–Trinajstić information content (AvgIpc) is 3.35. The van der Waals surface area contributed by atoms with Crippen LogP contribution in [0.25, 0.3) is 11.1 Å². The van der Waals surface area contributed by atoms with Crippen LogP contribution in [-0.2, 0) is 0 Å². The number of aliphatic imine (C=N–C) groups is 2. The van der Waals surface area contributed by atoms with Crippen molar-refractivity contribution in [1.82, 2.24) is 10.6 Å². The van der Waals surface area contributed by atoms with E-state index in [4.69, 9.17) is 0 Å². The Labute approximate surface area is 141 Å². The van der Waals surface area contributed by atoms with E-state index in [-0.39, 0.29) is 0 Å².